The fourth-order valence-electron chi connectivity index (χ4n) is 4.33. The van der Waals surface area contributed by atoms with E-state index in [0.29, 0.717) is 48.2 Å². The first kappa shape index (κ1) is 23.0. The van der Waals surface area contributed by atoms with E-state index in [9.17, 15) is 9.18 Å². The standard InChI is InChI=1S/C24H27FN8O2/c1-24(2,3)35-23(34)32-8-4-5-15(12-32)9-17-10-18(21-27-14-28-31-21)30-22(29-17)19-11-26-20-7-6-16(25)13-33(19)20/h6-7,10-11,13,15H,4-5,8-9,12,14H2,1-3H3/t15-/m0/s1. The van der Waals surface area contributed by atoms with Crippen molar-refractivity contribution in [2.24, 2.45) is 21.1 Å². The van der Waals surface area contributed by atoms with Gasteiger partial charge in [-0.3, -0.25) is 4.40 Å². The van der Waals surface area contributed by atoms with Gasteiger partial charge in [0.25, 0.3) is 0 Å². The van der Waals surface area contributed by atoms with Crippen LogP contribution in [0.15, 0.2) is 45.8 Å². The molecule has 0 radical (unpaired) electrons. The summed E-state index contributed by atoms with van der Waals surface area (Å²) in [7, 11) is 0. The number of azo groups is 1. The van der Waals surface area contributed by atoms with Crippen LogP contribution in [0.1, 0.15) is 45.0 Å². The Balaban J connectivity index is 1.45. The predicted molar refractivity (Wildman–Crippen MR) is 127 cm³/mol. The first-order valence-corrected chi connectivity index (χ1v) is 11.7. The van der Waals surface area contributed by atoms with E-state index in [1.165, 1.54) is 12.3 Å². The fourth-order valence-corrected chi connectivity index (χ4v) is 4.33. The monoisotopic (exact) mass is 478 g/mol. The minimum Gasteiger partial charge on any atom is -0.444 e. The van der Waals surface area contributed by atoms with Gasteiger partial charge in [0.1, 0.15) is 28.5 Å². The number of imidazole rings is 1. The number of halogens is 1. The molecule has 0 saturated carbocycles. The molecule has 11 heteroatoms. The van der Waals surface area contributed by atoms with Gasteiger partial charge in [-0.15, -0.1) is 5.11 Å². The zero-order chi connectivity index (χ0) is 24.6. The van der Waals surface area contributed by atoms with E-state index < -0.39 is 5.60 Å². The average Bonchev–Trinajstić information content (AvgIpc) is 3.48. The minimum absolute atomic E-state index is 0.207. The lowest BCUT2D eigenvalue weighted by molar-refractivity contribution is 0.0165. The molecule has 2 aliphatic heterocycles. The molecular formula is C24H27FN8O2. The molecule has 1 atom stereocenters. The summed E-state index contributed by atoms with van der Waals surface area (Å²) in [4.78, 5) is 32.5. The third-order valence-corrected chi connectivity index (χ3v) is 5.82. The summed E-state index contributed by atoms with van der Waals surface area (Å²) in [6.45, 7) is 7.13. The van der Waals surface area contributed by atoms with Gasteiger partial charge in [-0.25, -0.2) is 29.1 Å². The van der Waals surface area contributed by atoms with Crippen LogP contribution in [0.25, 0.3) is 17.2 Å². The van der Waals surface area contributed by atoms with Crippen molar-refractivity contribution < 1.29 is 13.9 Å². The summed E-state index contributed by atoms with van der Waals surface area (Å²) >= 11 is 0. The highest BCUT2D eigenvalue weighted by atomic mass is 19.1. The number of hydrogen-bond donors (Lipinski definition) is 0. The second-order valence-electron chi connectivity index (χ2n) is 9.79. The molecule has 35 heavy (non-hydrogen) atoms. The molecular weight excluding hydrogens is 451 g/mol. The number of fused-ring (bicyclic) bond motifs is 1. The molecule has 3 aromatic rings. The van der Waals surface area contributed by atoms with Crippen LogP contribution in [0.5, 0.6) is 0 Å². The third-order valence-electron chi connectivity index (χ3n) is 5.82. The summed E-state index contributed by atoms with van der Waals surface area (Å²) in [6, 6.07) is 4.83. The van der Waals surface area contributed by atoms with E-state index >= 15 is 0 Å². The molecule has 0 N–H and O–H groups in total. The zero-order valence-corrected chi connectivity index (χ0v) is 20.0. The SMILES string of the molecule is CC(C)(C)OC(=O)N1CCC[C@@H](Cc2cc(C3=NCN=N3)nc(-c3cnc4ccc(F)cn34)n2)C1. The number of nitrogens with zero attached hydrogens (tertiary/aromatic N) is 8. The van der Waals surface area contributed by atoms with E-state index in [0.717, 1.165) is 18.5 Å². The van der Waals surface area contributed by atoms with Crippen LogP contribution in [0.3, 0.4) is 0 Å². The number of amides is 1. The maximum atomic E-state index is 13.9. The van der Waals surface area contributed by atoms with E-state index in [1.54, 1.807) is 21.6 Å². The Kier molecular flexibility index (Phi) is 6.00. The quantitative estimate of drug-likeness (QED) is 0.556. The Bertz CT molecular complexity index is 1330. The van der Waals surface area contributed by atoms with Gasteiger partial charge in [0.05, 0.1) is 6.20 Å². The summed E-state index contributed by atoms with van der Waals surface area (Å²) in [5.74, 6) is 0.666. The number of aromatic nitrogens is 4. The first-order valence-electron chi connectivity index (χ1n) is 11.7. The lowest BCUT2D eigenvalue weighted by Crippen LogP contribution is -2.43. The predicted octanol–water partition coefficient (Wildman–Crippen LogP) is 4.29. The van der Waals surface area contributed by atoms with Gasteiger partial charge in [-0.2, -0.15) is 5.11 Å². The number of carbonyl (C=O) groups is 1. The number of hydrogen-bond acceptors (Lipinski definition) is 8. The summed E-state index contributed by atoms with van der Waals surface area (Å²) in [5, 5.41) is 8.03. The molecule has 10 nitrogen and oxygen atoms in total. The Morgan fingerprint density at radius 1 is 1.26 bits per heavy atom. The molecule has 2 aliphatic rings. The van der Waals surface area contributed by atoms with Gasteiger partial charge in [-0.1, -0.05) is 0 Å². The topological polar surface area (TPSA) is 110 Å². The van der Waals surface area contributed by atoms with Crippen LogP contribution in [-0.4, -0.2) is 61.5 Å². The molecule has 1 fully saturated rings. The van der Waals surface area contributed by atoms with Crippen molar-refractivity contribution in [3.05, 3.63) is 47.8 Å². The molecule has 5 heterocycles. The molecule has 5 rings (SSSR count). The minimum atomic E-state index is -0.537. The fraction of sp³-hybridized carbons (Fsp3) is 0.458. The highest BCUT2D eigenvalue weighted by Gasteiger charge is 2.28. The van der Waals surface area contributed by atoms with Gasteiger partial charge in [0.15, 0.2) is 18.3 Å². The number of pyridine rings is 1. The van der Waals surface area contributed by atoms with Crippen molar-refractivity contribution in [3.8, 4) is 11.5 Å². The molecule has 0 aliphatic carbocycles. The summed E-state index contributed by atoms with van der Waals surface area (Å²) < 4.78 is 21.1. The molecule has 0 unspecified atom stereocenters. The first-order chi connectivity index (χ1) is 16.7. The van der Waals surface area contributed by atoms with Crippen LogP contribution in [0.4, 0.5) is 9.18 Å². The van der Waals surface area contributed by atoms with E-state index in [1.807, 2.05) is 26.8 Å². The molecule has 1 amide bonds. The van der Waals surface area contributed by atoms with Gasteiger partial charge >= 0.3 is 6.09 Å². The summed E-state index contributed by atoms with van der Waals surface area (Å²) in [5.41, 5.74) is 1.96. The van der Waals surface area contributed by atoms with Crippen LogP contribution in [0.2, 0.25) is 0 Å². The molecule has 0 aromatic carbocycles. The lowest BCUT2D eigenvalue weighted by atomic mass is 9.93. The van der Waals surface area contributed by atoms with Crippen molar-refractivity contribution >= 4 is 17.6 Å². The highest BCUT2D eigenvalue weighted by Crippen LogP contribution is 2.25. The van der Waals surface area contributed by atoms with E-state index in [4.69, 9.17) is 9.72 Å². The number of piperidine rings is 1. The number of ether oxygens (including phenoxy) is 1. The number of carbonyl (C=O) groups excluding carboxylic acids is 1. The number of amidine groups is 1. The van der Waals surface area contributed by atoms with Crippen LogP contribution >= 0.6 is 0 Å². The normalized spacial score (nSPS) is 18.2. The molecule has 0 bridgehead atoms. The molecule has 1 saturated heterocycles. The van der Waals surface area contributed by atoms with Gasteiger partial charge in [0, 0.05) is 25.0 Å². The second-order valence-corrected chi connectivity index (χ2v) is 9.79. The van der Waals surface area contributed by atoms with Crippen molar-refractivity contribution in [3.63, 3.8) is 0 Å². The number of aliphatic imine (C=N–C) groups is 1. The van der Waals surface area contributed by atoms with E-state index in [2.05, 4.69) is 25.2 Å². The largest absolute Gasteiger partial charge is 0.444 e. The van der Waals surface area contributed by atoms with Gasteiger partial charge in [-0.05, 0) is 64.2 Å². The van der Waals surface area contributed by atoms with Crippen LogP contribution in [0, 0.1) is 11.7 Å². The Morgan fingerprint density at radius 2 is 2.11 bits per heavy atom. The van der Waals surface area contributed by atoms with Gasteiger partial charge in [0.2, 0.25) is 0 Å². The molecule has 0 spiro atoms. The van der Waals surface area contributed by atoms with Crippen molar-refractivity contribution in [1.82, 2.24) is 24.3 Å². The number of likely N-dealkylation sites (tertiary alicyclic amines) is 1. The van der Waals surface area contributed by atoms with Crippen LogP contribution < -0.4 is 0 Å². The maximum Gasteiger partial charge on any atom is 0.410 e. The second kappa shape index (κ2) is 9.12. The lowest BCUT2D eigenvalue weighted by Gasteiger charge is -2.34. The number of rotatable bonds is 4. The van der Waals surface area contributed by atoms with E-state index in [-0.39, 0.29) is 24.5 Å². The smallest absolute Gasteiger partial charge is 0.410 e. The van der Waals surface area contributed by atoms with Gasteiger partial charge < -0.3 is 9.64 Å². The third kappa shape index (κ3) is 5.18. The highest BCUT2D eigenvalue weighted by molar-refractivity contribution is 5.98. The molecule has 182 valence electrons. The Labute approximate surface area is 202 Å². The van der Waals surface area contributed by atoms with Crippen molar-refractivity contribution in [2.75, 3.05) is 19.8 Å². The Hall–Kier alpha value is -3.76. The Morgan fingerprint density at radius 3 is 2.89 bits per heavy atom. The summed E-state index contributed by atoms with van der Waals surface area (Å²) in [6.07, 6.45) is 5.19. The van der Waals surface area contributed by atoms with Crippen molar-refractivity contribution in [2.45, 2.75) is 45.6 Å². The molecule has 3 aromatic heterocycles. The zero-order valence-electron chi connectivity index (χ0n) is 20.0. The maximum absolute atomic E-state index is 13.9. The average molecular weight is 479 g/mol. The van der Waals surface area contributed by atoms with Crippen LogP contribution in [-0.2, 0) is 11.2 Å². The van der Waals surface area contributed by atoms with Crippen molar-refractivity contribution in [1.29, 1.82) is 0 Å².